The smallest absolute Gasteiger partial charge is 0.462 e. The number of amides is 1. The minimum atomic E-state index is -0.961. The molecule has 1 N–H and O–H groups in total. The van der Waals surface area contributed by atoms with Gasteiger partial charge in [0.25, 0.3) is 0 Å². The van der Waals surface area contributed by atoms with Crippen molar-refractivity contribution in [2.24, 2.45) is 0 Å². The largest absolute Gasteiger partial charge is 0.478 e. The second kappa shape index (κ2) is 8.83. The number of piperazine rings is 1. The molecule has 2 aliphatic heterocycles. The third kappa shape index (κ3) is 5.63. The van der Waals surface area contributed by atoms with E-state index in [0.717, 1.165) is 11.3 Å². The third-order valence-corrected chi connectivity index (χ3v) is 6.72. The van der Waals surface area contributed by atoms with Gasteiger partial charge in [-0.25, -0.2) is 9.59 Å². The lowest BCUT2D eigenvalue weighted by Crippen LogP contribution is -2.50. The molecular formula is C24H37BN2O6. The summed E-state index contributed by atoms with van der Waals surface area (Å²) in [5, 5.41) is 9.81. The molecular weight excluding hydrogens is 423 g/mol. The van der Waals surface area contributed by atoms with Gasteiger partial charge in [-0.2, -0.15) is 0 Å². The third-order valence-electron chi connectivity index (χ3n) is 6.72. The van der Waals surface area contributed by atoms with Gasteiger partial charge in [0.2, 0.25) is 0 Å². The standard InChI is InChI=1S/C24H37BN2O6/c1-16-17(15-25-32-23(5,6)24(7,8)33-25)13-18(14-19(16)20(28)29)26-9-11-27(12-10-26)21(30)31-22(2,3)4/h13-14H,9-12,15H2,1-8H3,(H,28,29). The molecule has 0 spiro atoms. The second-order valence-electron chi connectivity index (χ2n) is 10.9. The molecule has 0 aromatic heterocycles. The van der Waals surface area contributed by atoms with Crippen molar-refractivity contribution in [1.29, 1.82) is 0 Å². The van der Waals surface area contributed by atoms with Crippen molar-refractivity contribution < 1.29 is 28.7 Å². The molecule has 0 bridgehead atoms. The maximum atomic E-state index is 12.4. The first-order chi connectivity index (χ1) is 15.1. The van der Waals surface area contributed by atoms with Crippen LogP contribution in [0.4, 0.5) is 10.5 Å². The van der Waals surface area contributed by atoms with E-state index in [1.54, 1.807) is 11.0 Å². The number of aromatic carboxylic acids is 1. The van der Waals surface area contributed by atoms with Crippen LogP contribution < -0.4 is 4.90 Å². The first kappa shape index (κ1) is 25.4. The summed E-state index contributed by atoms with van der Waals surface area (Å²) >= 11 is 0. The van der Waals surface area contributed by atoms with Gasteiger partial charge in [0.1, 0.15) is 5.60 Å². The van der Waals surface area contributed by atoms with E-state index < -0.39 is 29.9 Å². The van der Waals surface area contributed by atoms with Crippen molar-refractivity contribution >= 4 is 24.9 Å². The fourth-order valence-electron chi connectivity index (χ4n) is 4.08. The Balaban J connectivity index is 1.78. The number of ether oxygens (including phenoxy) is 1. The molecule has 0 radical (unpaired) electrons. The highest BCUT2D eigenvalue weighted by molar-refractivity contribution is 6.45. The summed E-state index contributed by atoms with van der Waals surface area (Å²) in [5.41, 5.74) is 1.27. The highest BCUT2D eigenvalue weighted by Crippen LogP contribution is 2.38. The van der Waals surface area contributed by atoms with Gasteiger partial charge in [-0.15, -0.1) is 0 Å². The molecule has 9 heteroatoms. The lowest BCUT2D eigenvalue weighted by Gasteiger charge is -2.37. The van der Waals surface area contributed by atoms with E-state index in [0.29, 0.717) is 38.1 Å². The lowest BCUT2D eigenvalue weighted by atomic mass is 9.78. The molecule has 2 saturated heterocycles. The average molecular weight is 460 g/mol. The Labute approximate surface area is 197 Å². The summed E-state index contributed by atoms with van der Waals surface area (Å²) in [6.07, 6.45) is 0.142. The van der Waals surface area contributed by atoms with Gasteiger partial charge in [0, 0.05) is 38.2 Å². The quantitative estimate of drug-likeness (QED) is 0.682. The van der Waals surface area contributed by atoms with Crippen LogP contribution >= 0.6 is 0 Å². The Hall–Kier alpha value is -2.26. The number of hydrogen-bond donors (Lipinski definition) is 1. The summed E-state index contributed by atoms with van der Waals surface area (Å²) in [6.45, 7) is 17.6. The Morgan fingerprint density at radius 3 is 2.09 bits per heavy atom. The van der Waals surface area contributed by atoms with Crippen molar-refractivity contribution in [3.05, 3.63) is 28.8 Å². The Kier molecular flexibility index (Phi) is 6.79. The molecule has 2 aliphatic rings. The van der Waals surface area contributed by atoms with Crippen LogP contribution in [0.2, 0.25) is 0 Å². The number of rotatable bonds is 4. The van der Waals surface area contributed by atoms with Crippen molar-refractivity contribution in [2.45, 2.75) is 78.5 Å². The van der Waals surface area contributed by atoms with Crippen LogP contribution in [0.15, 0.2) is 12.1 Å². The van der Waals surface area contributed by atoms with E-state index in [1.165, 1.54) is 0 Å². The van der Waals surface area contributed by atoms with Gasteiger partial charge < -0.3 is 29.0 Å². The van der Waals surface area contributed by atoms with Gasteiger partial charge in [0.15, 0.2) is 0 Å². The number of carbonyl (C=O) groups excluding carboxylic acids is 1. The molecule has 8 nitrogen and oxygen atoms in total. The summed E-state index contributed by atoms with van der Waals surface area (Å²) in [7, 11) is -0.449. The lowest BCUT2D eigenvalue weighted by molar-refractivity contribution is 0.00578. The maximum absolute atomic E-state index is 12.4. The summed E-state index contributed by atoms with van der Waals surface area (Å²) in [6, 6.07) is 3.74. The van der Waals surface area contributed by atoms with Crippen LogP contribution in [0.25, 0.3) is 0 Å². The van der Waals surface area contributed by atoms with E-state index in [2.05, 4.69) is 4.90 Å². The van der Waals surface area contributed by atoms with E-state index in [1.807, 2.05) is 61.5 Å². The summed E-state index contributed by atoms with van der Waals surface area (Å²) < 4.78 is 17.8. The van der Waals surface area contributed by atoms with Crippen molar-refractivity contribution in [3.63, 3.8) is 0 Å². The number of carboxylic acids is 1. The first-order valence-electron chi connectivity index (χ1n) is 11.5. The van der Waals surface area contributed by atoms with Gasteiger partial charge in [-0.05, 0) is 78.6 Å². The minimum absolute atomic E-state index is 0.272. The fraction of sp³-hybridized carbons (Fsp3) is 0.667. The SMILES string of the molecule is Cc1c(CB2OC(C)(C)C(C)(C)O2)cc(N2CCN(C(=O)OC(C)(C)C)CC2)cc1C(=O)O. The zero-order chi connectivity index (χ0) is 24.8. The Morgan fingerprint density at radius 2 is 1.61 bits per heavy atom. The number of benzene rings is 1. The molecule has 33 heavy (non-hydrogen) atoms. The van der Waals surface area contributed by atoms with E-state index in [-0.39, 0.29) is 11.7 Å². The van der Waals surface area contributed by atoms with Gasteiger partial charge in [-0.3, -0.25) is 0 Å². The molecule has 1 amide bonds. The number of anilines is 1. The molecule has 1 aromatic rings. The summed E-state index contributed by atoms with van der Waals surface area (Å²) in [4.78, 5) is 28.2. The minimum Gasteiger partial charge on any atom is -0.478 e. The van der Waals surface area contributed by atoms with Crippen LogP contribution in [0.5, 0.6) is 0 Å². The monoisotopic (exact) mass is 460 g/mol. The van der Waals surface area contributed by atoms with E-state index >= 15 is 0 Å². The molecule has 1 aromatic carbocycles. The normalized spacial score (nSPS) is 20.2. The molecule has 0 atom stereocenters. The molecule has 2 heterocycles. The Morgan fingerprint density at radius 1 is 1.06 bits per heavy atom. The highest BCUT2D eigenvalue weighted by atomic mass is 16.7. The molecule has 0 unspecified atom stereocenters. The van der Waals surface area contributed by atoms with Crippen LogP contribution in [0.3, 0.4) is 0 Å². The summed E-state index contributed by atoms with van der Waals surface area (Å²) in [5.74, 6) is -0.961. The first-order valence-corrected chi connectivity index (χ1v) is 11.5. The predicted octanol–water partition coefficient (Wildman–Crippen LogP) is 3.92. The molecule has 2 fully saturated rings. The molecule has 0 saturated carbocycles. The molecule has 3 rings (SSSR count). The van der Waals surface area contributed by atoms with Gasteiger partial charge in [-0.1, -0.05) is 0 Å². The predicted molar refractivity (Wildman–Crippen MR) is 128 cm³/mol. The van der Waals surface area contributed by atoms with Crippen LogP contribution in [0.1, 0.15) is 70.0 Å². The number of hydrogen-bond acceptors (Lipinski definition) is 6. The molecule has 182 valence electrons. The van der Waals surface area contributed by atoms with Crippen molar-refractivity contribution in [2.75, 3.05) is 31.1 Å². The van der Waals surface area contributed by atoms with E-state index in [4.69, 9.17) is 14.0 Å². The van der Waals surface area contributed by atoms with E-state index in [9.17, 15) is 14.7 Å². The highest BCUT2D eigenvalue weighted by Gasteiger charge is 2.51. The zero-order valence-corrected chi connectivity index (χ0v) is 21.2. The van der Waals surface area contributed by atoms with Crippen LogP contribution in [0, 0.1) is 6.92 Å². The maximum Gasteiger partial charge on any atom is 0.462 e. The van der Waals surface area contributed by atoms with Gasteiger partial charge >= 0.3 is 19.2 Å². The number of carboxylic acid groups (broad SMARTS) is 1. The average Bonchev–Trinajstić information content (AvgIpc) is 2.88. The Bertz CT molecular complexity index is 900. The fourth-order valence-corrected chi connectivity index (χ4v) is 4.08. The topological polar surface area (TPSA) is 88.5 Å². The number of carbonyl (C=O) groups is 2. The van der Waals surface area contributed by atoms with Crippen molar-refractivity contribution in [3.8, 4) is 0 Å². The van der Waals surface area contributed by atoms with Crippen molar-refractivity contribution in [1.82, 2.24) is 4.90 Å². The number of nitrogens with zero attached hydrogens (tertiary/aromatic N) is 2. The molecule has 0 aliphatic carbocycles. The van der Waals surface area contributed by atoms with Crippen LogP contribution in [-0.2, 0) is 20.4 Å². The van der Waals surface area contributed by atoms with Crippen LogP contribution in [-0.4, -0.2) is 72.2 Å². The zero-order valence-electron chi connectivity index (χ0n) is 21.2. The van der Waals surface area contributed by atoms with Gasteiger partial charge in [0.05, 0.1) is 16.8 Å². The second-order valence-corrected chi connectivity index (χ2v) is 10.9.